The number of fused-ring (bicyclic) bond motifs is 1. The van der Waals surface area contributed by atoms with Crippen LogP contribution in [0.3, 0.4) is 0 Å². The third-order valence-electron chi connectivity index (χ3n) is 4.93. The van der Waals surface area contributed by atoms with Gasteiger partial charge in [0.2, 0.25) is 0 Å². The van der Waals surface area contributed by atoms with Crippen LogP contribution in [0.5, 0.6) is 0 Å². The van der Waals surface area contributed by atoms with Crippen molar-refractivity contribution in [2.75, 3.05) is 0 Å². The highest BCUT2D eigenvalue weighted by molar-refractivity contribution is 6.35. The highest BCUT2D eigenvalue weighted by Gasteiger charge is 2.20. The third kappa shape index (κ3) is 3.80. The van der Waals surface area contributed by atoms with Gasteiger partial charge in [-0.2, -0.15) is 0 Å². The van der Waals surface area contributed by atoms with Gasteiger partial charge in [-0.15, -0.1) is 0 Å². The predicted octanol–water partition coefficient (Wildman–Crippen LogP) is 5.10. The molecule has 0 saturated heterocycles. The second-order valence-electron chi connectivity index (χ2n) is 6.77. The monoisotopic (exact) mass is 449 g/mol. The van der Waals surface area contributed by atoms with Crippen LogP contribution in [0.2, 0.25) is 15.2 Å². The molecule has 0 fully saturated rings. The number of imidazole rings is 2. The lowest BCUT2D eigenvalue weighted by Gasteiger charge is -2.08. The number of aromatic nitrogens is 5. The van der Waals surface area contributed by atoms with Crippen LogP contribution in [0.4, 0.5) is 0 Å². The molecule has 0 radical (unpaired) electrons. The van der Waals surface area contributed by atoms with Crippen molar-refractivity contribution in [1.82, 2.24) is 24.1 Å². The third-order valence-corrected chi connectivity index (χ3v) is 5.73. The fourth-order valence-electron chi connectivity index (χ4n) is 3.38. The molecule has 1 atom stereocenters. The smallest absolute Gasteiger partial charge is 0.325 e. The van der Waals surface area contributed by atoms with E-state index >= 15 is 0 Å². The average Bonchev–Trinajstić information content (AvgIpc) is 3.23. The molecule has 9 heteroatoms. The van der Waals surface area contributed by atoms with E-state index in [0.29, 0.717) is 45.2 Å². The van der Waals surface area contributed by atoms with E-state index in [1.54, 1.807) is 33.4 Å². The molecule has 1 N–H and O–H groups in total. The minimum atomic E-state index is -0.303. The van der Waals surface area contributed by atoms with Crippen LogP contribution < -0.4 is 5.69 Å². The number of pyridine rings is 1. The van der Waals surface area contributed by atoms with Crippen LogP contribution in [0.25, 0.3) is 11.2 Å². The van der Waals surface area contributed by atoms with Gasteiger partial charge in [-0.3, -0.25) is 9.13 Å². The van der Waals surface area contributed by atoms with E-state index in [1.165, 1.54) is 0 Å². The number of nitrogens with one attached hydrogen (secondary N) is 1. The van der Waals surface area contributed by atoms with Gasteiger partial charge in [0, 0.05) is 34.9 Å². The molecule has 0 bridgehead atoms. The number of benzene rings is 1. The van der Waals surface area contributed by atoms with Crippen LogP contribution in [-0.2, 0) is 13.0 Å². The molecular formula is C20H18Cl3N5O. The van der Waals surface area contributed by atoms with E-state index in [-0.39, 0.29) is 11.7 Å². The Kier molecular flexibility index (Phi) is 5.42. The van der Waals surface area contributed by atoms with Gasteiger partial charge in [-0.05, 0) is 43.7 Å². The van der Waals surface area contributed by atoms with Gasteiger partial charge in [-0.25, -0.2) is 14.8 Å². The summed E-state index contributed by atoms with van der Waals surface area (Å²) in [6, 6.07) is 8.56. The Morgan fingerprint density at radius 2 is 1.93 bits per heavy atom. The summed E-state index contributed by atoms with van der Waals surface area (Å²) in [6.45, 7) is 4.41. The fourth-order valence-corrected chi connectivity index (χ4v) is 4.01. The maximum Gasteiger partial charge on any atom is 0.329 e. The van der Waals surface area contributed by atoms with Crippen molar-refractivity contribution in [2.24, 2.45) is 0 Å². The van der Waals surface area contributed by atoms with Crippen molar-refractivity contribution in [3.63, 3.8) is 0 Å². The van der Waals surface area contributed by atoms with E-state index in [0.717, 1.165) is 11.3 Å². The Balaban J connectivity index is 1.72. The molecule has 0 saturated carbocycles. The normalized spacial score (nSPS) is 12.6. The molecule has 4 aromatic rings. The first-order valence-electron chi connectivity index (χ1n) is 9.14. The number of hydrogen-bond acceptors (Lipinski definition) is 3. The maximum absolute atomic E-state index is 13.0. The van der Waals surface area contributed by atoms with Gasteiger partial charge in [0.25, 0.3) is 0 Å². The quantitative estimate of drug-likeness (QED) is 0.430. The summed E-state index contributed by atoms with van der Waals surface area (Å²) in [5.74, 6) is 0.640. The topological polar surface area (TPSA) is 68.5 Å². The van der Waals surface area contributed by atoms with Crippen LogP contribution in [-0.4, -0.2) is 24.1 Å². The summed E-state index contributed by atoms with van der Waals surface area (Å²) in [5, 5.41) is 1.54. The molecule has 150 valence electrons. The molecule has 3 aromatic heterocycles. The van der Waals surface area contributed by atoms with Gasteiger partial charge < -0.3 is 4.98 Å². The van der Waals surface area contributed by atoms with E-state index in [2.05, 4.69) is 15.0 Å². The molecule has 0 aliphatic carbocycles. The van der Waals surface area contributed by atoms with Gasteiger partial charge in [0.15, 0.2) is 5.65 Å². The van der Waals surface area contributed by atoms with Gasteiger partial charge >= 0.3 is 5.69 Å². The van der Waals surface area contributed by atoms with Crippen LogP contribution in [0.15, 0.2) is 41.3 Å². The Morgan fingerprint density at radius 3 is 2.66 bits per heavy atom. The number of aromatic amines is 1. The Morgan fingerprint density at radius 1 is 1.14 bits per heavy atom. The molecule has 1 unspecified atom stereocenters. The molecule has 0 aliphatic heterocycles. The number of rotatable bonds is 5. The summed E-state index contributed by atoms with van der Waals surface area (Å²) in [6.07, 6.45) is 2.38. The second kappa shape index (κ2) is 7.86. The van der Waals surface area contributed by atoms with E-state index < -0.39 is 0 Å². The van der Waals surface area contributed by atoms with Gasteiger partial charge in [-0.1, -0.05) is 40.9 Å². The summed E-state index contributed by atoms with van der Waals surface area (Å²) in [4.78, 5) is 25.0. The largest absolute Gasteiger partial charge is 0.329 e. The average molecular weight is 451 g/mol. The molecule has 0 amide bonds. The minimum Gasteiger partial charge on any atom is -0.325 e. The lowest BCUT2D eigenvalue weighted by molar-refractivity contribution is 0.564. The zero-order chi connectivity index (χ0) is 20.7. The van der Waals surface area contributed by atoms with Crippen molar-refractivity contribution in [2.45, 2.75) is 32.9 Å². The van der Waals surface area contributed by atoms with Gasteiger partial charge in [0.05, 0.1) is 6.04 Å². The first-order valence-corrected chi connectivity index (χ1v) is 10.3. The Hall–Kier alpha value is -2.28. The second-order valence-corrected chi connectivity index (χ2v) is 8.00. The lowest BCUT2D eigenvalue weighted by atomic mass is 10.1. The number of H-pyrrole nitrogens is 1. The molecule has 6 nitrogen and oxygen atoms in total. The first-order chi connectivity index (χ1) is 13.9. The van der Waals surface area contributed by atoms with Crippen LogP contribution in [0, 0.1) is 0 Å². The van der Waals surface area contributed by atoms with E-state index in [9.17, 15) is 4.79 Å². The van der Waals surface area contributed by atoms with Crippen molar-refractivity contribution in [3.05, 3.63) is 79.3 Å². The van der Waals surface area contributed by atoms with Crippen molar-refractivity contribution in [1.29, 1.82) is 0 Å². The lowest BCUT2D eigenvalue weighted by Crippen LogP contribution is -2.27. The minimum absolute atomic E-state index is 0.105. The molecule has 0 spiro atoms. The highest BCUT2D eigenvalue weighted by atomic mass is 35.5. The standard InChI is InChI=1S/C20H18Cl3N5O/c1-3-27-14(8-12-4-5-13(21)9-15(12)22)10-28(20(27)29)11(2)18-24-16-6-7-17(23)25-19(16)26-18/h4-7,9-11H,3,8H2,1-2H3,(H,24,25,26). The SMILES string of the molecule is CCn1c(Cc2ccc(Cl)cc2Cl)cn(C(C)c2nc3ccc(Cl)nc3[nH]2)c1=O. The summed E-state index contributed by atoms with van der Waals surface area (Å²) in [7, 11) is 0. The molecule has 0 aliphatic rings. The van der Waals surface area contributed by atoms with Crippen LogP contribution in [0.1, 0.15) is 37.0 Å². The summed E-state index contributed by atoms with van der Waals surface area (Å²) in [5.41, 5.74) is 2.96. The molecule has 1 aromatic carbocycles. The number of hydrogen-bond donors (Lipinski definition) is 1. The van der Waals surface area contributed by atoms with Crippen molar-refractivity contribution in [3.8, 4) is 0 Å². The zero-order valence-corrected chi connectivity index (χ0v) is 18.1. The van der Waals surface area contributed by atoms with Crippen LogP contribution >= 0.6 is 34.8 Å². The van der Waals surface area contributed by atoms with E-state index in [4.69, 9.17) is 34.8 Å². The first kappa shape index (κ1) is 20.0. The Bertz CT molecular complexity index is 1260. The van der Waals surface area contributed by atoms with E-state index in [1.807, 2.05) is 26.1 Å². The number of nitrogens with zero attached hydrogens (tertiary/aromatic N) is 4. The molecular weight excluding hydrogens is 433 g/mol. The summed E-state index contributed by atoms with van der Waals surface area (Å²) >= 11 is 18.3. The maximum atomic E-state index is 13.0. The molecule has 4 rings (SSSR count). The van der Waals surface area contributed by atoms with Gasteiger partial charge in [0.1, 0.15) is 16.5 Å². The molecule has 29 heavy (non-hydrogen) atoms. The zero-order valence-electron chi connectivity index (χ0n) is 15.8. The van der Waals surface area contributed by atoms with Crippen molar-refractivity contribution >= 4 is 46.0 Å². The summed E-state index contributed by atoms with van der Waals surface area (Å²) < 4.78 is 3.40. The fraction of sp³-hybridized carbons (Fsp3) is 0.250. The van der Waals surface area contributed by atoms with Crippen molar-refractivity contribution < 1.29 is 0 Å². The molecule has 3 heterocycles. The number of halogens is 3. The predicted molar refractivity (Wildman–Crippen MR) is 116 cm³/mol. The highest BCUT2D eigenvalue weighted by Crippen LogP contribution is 2.24. The Labute approximate surface area is 182 Å².